The van der Waals surface area contributed by atoms with Crippen molar-refractivity contribution >= 4 is 17.4 Å². The molecule has 2 heterocycles. The third-order valence-electron chi connectivity index (χ3n) is 5.72. The summed E-state index contributed by atoms with van der Waals surface area (Å²) in [5.41, 5.74) is 0.674. The van der Waals surface area contributed by atoms with Crippen molar-refractivity contribution in [1.82, 2.24) is 9.97 Å². The van der Waals surface area contributed by atoms with Crippen LogP contribution in [0, 0.1) is 5.92 Å². The maximum absolute atomic E-state index is 12.9. The van der Waals surface area contributed by atoms with Crippen molar-refractivity contribution in [1.29, 1.82) is 0 Å². The van der Waals surface area contributed by atoms with Gasteiger partial charge < -0.3 is 29.2 Å². The highest BCUT2D eigenvalue weighted by Gasteiger charge is 2.28. The molecule has 0 aliphatic carbocycles. The number of methoxy groups -OCH3 is 3. The van der Waals surface area contributed by atoms with E-state index in [1.54, 1.807) is 58.0 Å². The molecule has 0 radical (unpaired) electrons. The van der Waals surface area contributed by atoms with Crippen molar-refractivity contribution in [2.45, 2.75) is 12.8 Å². The summed E-state index contributed by atoms with van der Waals surface area (Å²) in [5, 5.41) is 2.99. The maximum atomic E-state index is 12.9. The van der Waals surface area contributed by atoms with Gasteiger partial charge in [0.2, 0.25) is 5.91 Å². The van der Waals surface area contributed by atoms with Gasteiger partial charge in [0.05, 0.1) is 21.3 Å². The van der Waals surface area contributed by atoms with Gasteiger partial charge in [-0.1, -0.05) is 6.07 Å². The Morgan fingerprint density at radius 3 is 2.38 bits per heavy atom. The van der Waals surface area contributed by atoms with Gasteiger partial charge in [-0.15, -0.1) is 0 Å². The van der Waals surface area contributed by atoms with Gasteiger partial charge in [0.1, 0.15) is 11.5 Å². The first-order valence-electron chi connectivity index (χ1n) is 11.0. The lowest BCUT2D eigenvalue weighted by Crippen LogP contribution is -2.38. The first-order valence-corrected chi connectivity index (χ1v) is 11.0. The number of hydrogen-bond acceptors (Lipinski definition) is 8. The molecule has 34 heavy (non-hydrogen) atoms. The number of ether oxygens (including phenoxy) is 4. The van der Waals surface area contributed by atoms with Gasteiger partial charge >= 0.3 is 0 Å². The molecule has 0 unspecified atom stereocenters. The topological polar surface area (TPSA) is 95.0 Å². The molecular formula is C25H28N4O5. The number of amides is 1. The Kier molecular flexibility index (Phi) is 7.31. The standard InChI is InChI=1S/C25H28N4O5/c1-31-19-5-4-6-20(16-19)34-25-23(26-11-12-27-25)29-13-9-17(10-14-29)24(30)28-18-7-8-21(32-2)22(15-18)33-3/h4-8,11-12,15-17H,9-10,13-14H2,1-3H3,(H,28,30). The predicted molar refractivity (Wildman–Crippen MR) is 128 cm³/mol. The lowest BCUT2D eigenvalue weighted by molar-refractivity contribution is -0.120. The highest BCUT2D eigenvalue weighted by atomic mass is 16.5. The third-order valence-corrected chi connectivity index (χ3v) is 5.72. The molecule has 3 aromatic rings. The van der Waals surface area contributed by atoms with Crippen LogP contribution < -0.4 is 29.2 Å². The number of nitrogens with one attached hydrogen (secondary N) is 1. The zero-order valence-electron chi connectivity index (χ0n) is 19.5. The van der Waals surface area contributed by atoms with Crippen LogP contribution in [0.25, 0.3) is 0 Å². The molecule has 0 bridgehead atoms. The van der Waals surface area contributed by atoms with E-state index in [1.807, 2.05) is 18.2 Å². The summed E-state index contributed by atoms with van der Waals surface area (Å²) in [6.45, 7) is 1.33. The molecule has 2 aromatic carbocycles. The second-order valence-electron chi connectivity index (χ2n) is 7.79. The summed E-state index contributed by atoms with van der Waals surface area (Å²) in [6, 6.07) is 12.7. The summed E-state index contributed by atoms with van der Waals surface area (Å²) < 4.78 is 21.8. The van der Waals surface area contributed by atoms with Crippen LogP contribution in [-0.4, -0.2) is 50.3 Å². The van der Waals surface area contributed by atoms with Crippen molar-refractivity contribution in [3.63, 3.8) is 0 Å². The highest BCUT2D eigenvalue weighted by Crippen LogP contribution is 2.33. The average Bonchev–Trinajstić information content (AvgIpc) is 2.89. The molecular weight excluding hydrogens is 436 g/mol. The van der Waals surface area contributed by atoms with Gasteiger partial charge in [0, 0.05) is 49.2 Å². The minimum Gasteiger partial charge on any atom is -0.497 e. The summed E-state index contributed by atoms with van der Waals surface area (Å²) >= 11 is 0. The van der Waals surface area contributed by atoms with Crippen molar-refractivity contribution in [3.8, 4) is 28.9 Å². The van der Waals surface area contributed by atoms with Crippen molar-refractivity contribution in [2.75, 3.05) is 44.6 Å². The van der Waals surface area contributed by atoms with Crippen LogP contribution in [0.15, 0.2) is 54.9 Å². The molecule has 1 fully saturated rings. The van der Waals surface area contributed by atoms with E-state index < -0.39 is 0 Å². The van der Waals surface area contributed by atoms with E-state index in [9.17, 15) is 4.79 Å². The first kappa shape index (κ1) is 23.2. The first-order chi connectivity index (χ1) is 16.6. The van der Waals surface area contributed by atoms with Crippen LogP contribution in [0.5, 0.6) is 28.9 Å². The van der Waals surface area contributed by atoms with Gasteiger partial charge in [-0.3, -0.25) is 4.79 Å². The number of rotatable bonds is 8. The summed E-state index contributed by atoms with van der Waals surface area (Å²) in [5.74, 6) is 3.45. The number of benzene rings is 2. The van der Waals surface area contributed by atoms with Gasteiger partial charge in [-0.2, -0.15) is 0 Å². The Morgan fingerprint density at radius 2 is 1.65 bits per heavy atom. The average molecular weight is 465 g/mol. The minimum atomic E-state index is -0.108. The van der Waals surface area contributed by atoms with Crippen molar-refractivity contribution < 1.29 is 23.7 Å². The van der Waals surface area contributed by atoms with Gasteiger partial charge in [-0.25, -0.2) is 9.97 Å². The van der Waals surface area contributed by atoms with E-state index in [1.165, 1.54) is 0 Å². The Hall–Kier alpha value is -4.01. The summed E-state index contributed by atoms with van der Waals surface area (Å²) in [6.07, 6.45) is 4.62. The number of anilines is 2. The lowest BCUT2D eigenvalue weighted by Gasteiger charge is -2.32. The Balaban J connectivity index is 1.39. The number of carbonyl (C=O) groups excluding carboxylic acids is 1. The second kappa shape index (κ2) is 10.7. The number of carbonyl (C=O) groups is 1. The quantitative estimate of drug-likeness (QED) is 0.531. The molecule has 0 saturated carbocycles. The van der Waals surface area contributed by atoms with Crippen LogP contribution in [-0.2, 0) is 4.79 Å². The van der Waals surface area contributed by atoms with Crippen LogP contribution >= 0.6 is 0 Å². The molecule has 1 saturated heterocycles. The van der Waals surface area contributed by atoms with E-state index >= 15 is 0 Å². The Morgan fingerprint density at radius 1 is 0.912 bits per heavy atom. The van der Waals surface area contributed by atoms with Crippen LogP contribution in [0.1, 0.15) is 12.8 Å². The fourth-order valence-electron chi connectivity index (χ4n) is 3.89. The van der Waals surface area contributed by atoms with Gasteiger partial charge in [-0.05, 0) is 37.1 Å². The monoisotopic (exact) mass is 464 g/mol. The molecule has 1 aliphatic rings. The number of nitrogens with zero attached hydrogens (tertiary/aromatic N) is 3. The molecule has 9 nitrogen and oxygen atoms in total. The Labute approximate surface area is 198 Å². The van der Waals surface area contributed by atoms with Crippen LogP contribution in [0.3, 0.4) is 0 Å². The molecule has 0 atom stereocenters. The second-order valence-corrected chi connectivity index (χ2v) is 7.79. The summed E-state index contributed by atoms with van der Waals surface area (Å²) in [4.78, 5) is 23.8. The molecule has 1 amide bonds. The smallest absolute Gasteiger partial charge is 0.263 e. The van der Waals surface area contributed by atoms with Crippen LogP contribution in [0.2, 0.25) is 0 Å². The maximum Gasteiger partial charge on any atom is 0.263 e. The molecule has 1 aliphatic heterocycles. The summed E-state index contributed by atoms with van der Waals surface area (Å²) in [7, 11) is 4.75. The van der Waals surface area contributed by atoms with E-state index in [4.69, 9.17) is 18.9 Å². The molecule has 1 N–H and O–H groups in total. The van der Waals surface area contributed by atoms with E-state index in [0.29, 0.717) is 66.3 Å². The fraction of sp³-hybridized carbons (Fsp3) is 0.320. The zero-order chi connectivity index (χ0) is 23.9. The SMILES string of the molecule is COc1cccc(Oc2nccnc2N2CCC(C(=O)Nc3ccc(OC)c(OC)c3)CC2)c1. The number of piperidine rings is 1. The minimum absolute atomic E-state index is 0.0149. The van der Waals surface area contributed by atoms with E-state index in [-0.39, 0.29) is 11.8 Å². The molecule has 0 spiro atoms. The van der Waals surface area contributed by atoms with Gasteiger partial charge in [0.15, 0.2) is 17.3 Å². The van der Waals surface area contributed by atoms with Gasteiger partial charge in [0.25, 0.3) is 5.88 Å². The third kappa shape index (κ3) is 5.31. The Bertz CT molecular complexity index is 1130. The lowest BCUT2D eigenvalue weighted by atomic mass is 9.96. The highest BCUT2D eigenvalue weighted by molar-refractivity contribution is 5.93. The van der Waals surface area contributed by atoms with Crippen molar-refractivity contribution in [2.24, 2.45) is 5.92 Å². The number of hydrogen-bond donors (Lipinski definition) is 1. The molecule has 178 valence electrons. The molecule has 4 rings (SSSR count). The predicted octanol–water partition coefficient (Wildman–Crippen LogP) is 4.15. The molecule has 9 heteroatoms. The van der Waals surface area contributed by atoms with Crippen LogP contribution in [0.4, 0.5) is 11.5 Å². The zero-order valence-corrected chi connectivity index (χ0v) is 19.5. The fourth-order valence-corrected chi connectivity index (χ4v) is 3.89. The number of aromatic nitrogens is 2. The normalized spacial score (nSPS) is 13.8. The van der Waals surface area contributed by atoms with Crippen molar-refractivity contribution in [3.05, 3.63) is 54.9 Å². The largest absolute Gasteiger partial charge is 0.497 e. The molecule has 1 aromatic heterocycles. The van der Waals surface area contributed by atoms with E-state index in [0.717, 1.165) is 0 Å². The van der Waals surface area contributed by atoms with E-state index in [2.05, 4.69) is 20.2 Å².